The van der Waals surface area contributed by atoms with Crippen molar-refractivity contribution in [3.05, 3.63) is 42.5 Å². The van der Waals surface area contributed by atoms with E-state index < -0.39 is 56.8 Å². The van der Waals surface area contributed by atoms with Gasteiger partial charge in [-0.15, -0.1) is 0 Å². The van der Waals surface area contributed by atoms with Gasteiger partial charge in [-0.05, 0) is 46.8 Å². The molecule has 1 saturated heterocycles. The van der Waals surface area contributed by atoms with Crippen LogP contribution in [0.4, 0.5) is 4.39 Å². The van der Waals surface area contributed by atoms with Crippen LogP contribution in [-0.4, -0.2) is 79.1 Å². The number of ether oxygens (including phenoxy) is 3. The number of rotatable bonds is 12. The molecule has 41 heavy (non-hydrogen) atoms. The van der Waals surface area contributed by atoms with E-state index in [1.54, 1.807) is 45.9 Å². The topological polar surface area (TPSA) is 176 Å². The number of benzene rings is 1. The number of imidazole rings is 1. The number of hydrogen-bond acceptors (Lipinski definition) is 12. The second kappa shape index (κ2) is 12.3. The molecule has 3 aromatic rings. The summed E-state index contributed by atoms with van der Waals surface area (Å²) in [4.78, 5) is 25.0. The molecular formula is C25H33FN5O9P. The fourth-order valence-corrected chi connectivity index (χ4v) is 5.52. The summed E-state index contributed by atoms with van der Waals surface area (Å²) in [7, 11) is -4.50. The van der Waals surface area contributed by atoms with Gasteiger partial charge in [0.25, 0.3) is 5.85 Å². The molecule has 16 heteroatoms. The van der Waals surface area contributed by atoms with Crippen LogP contribution in [-0.2, 0) is 23.4 Å². The number of hydrogen-bond donors (Lipinski definition) is 3. The number of fused-ring (bicyclic) bond motifs is 1. The van der Waals surface area contributed by atoms with Crippen molar-refractivity contribution < 1.29 is 47.2 Å². The summed E-state index contributed by atoms with van der Waals surface area (Å²) in [6, 6.07) is 6.68. The summed E-state index contributed by atoms with van der Waals surface area (Å²) in [5.41, 5.74) is 0.405. The maximum absolute atomic E-state index is 16.1. The highest BCUT2D eigenvalue weighted by atomic mass is 31.2. The van der Waals surface area contributed by atoms with Gasteiger partial charge in [-0.1, -0.05) is 18.2 Å². The van der Waals surface area contributed by atoms with Crippen LogP contribution in [0.2, 0.25) is 0 Å². The minimum atomic E-state index is -4.50. The number of alkyl halides is 1. The molecule has 0 amide bonds. The Bertz CT molecular complexity index is 1410. The average Bonchev–Trinajstić information content (AvgIpc) is 3.42. The molecule has 14 nitrogen and oxygen atoms in total. The van der Waals surface area contributed by atoms with Crippen LogP contribution in [0.5, 0.6) is 11.6 Å². The zero-order chi connectivity index (χ0) is 29.9. The molecule has 4 rings (SSSR count). The molecule has 1 aromatic carbocycles. The number of carbonyl (C=O) groups excluding carboxylic acids is 1. The van der Waals surface area contributed by atoms with E-state index in [2.05, 4.69) is 20.0 Å². The van der Waals surface area contributed by atoms with Crippen LogP contribution in [0.25, 0.3) is 11.2 Å². The molecule has 0 saturated carbocycles. The van der Waals surface area contributed by atoms with E-state index in [-0.39, 0.29) is 22.8 Å². The first-order valence-corrected chi connectivity index (χ1v) is 14.4. The van der Waals surface area contributed by atoms with Gasteiger partial charge in [-0.3, -0.25) is 13.9 Å². The molecular weight excluding hydrogens is 564 g/mol. The largest absolute Gasteiger partial charge is 0.476 e. The third-order valence-corrected chi connectivity index (χ3v) is 7.51. The number of para-hydroxylation sites is 1. The predicted molar refractivity (Wildman–Crippen MR) is 142 cm³/mol. The Labute approximate surface area is 235 Å². The van der Waals surface area contributed by atoms with Gasteiger partial charge >= 0.3 is 13.7 Å². The van der Waals surface area contributed by atoms with Crippen molar-refractivity contribution in [2.45, 2.75) is 71.1 Å². The first-order valence-electron chi connectivity index (χ1n) is 12.9. The minimum Gasteiger partial charge on any atom is -0.476 e. The van der Waals surface area contributed by atoms with Crippen LogP contribution >= 0.6 is 7.75 Å². The molecule has 3 N–H and O–H groups in total. The fourth-order valence-electron chi connectivity index (χ4n) is 4.02. The van der Waals surface area contributed by atoms with Gasteiger partial charge in [-0.2, -0.15) is 10.1 Å². The van der Waals surface area contributed by atoms with Gasteiger partial charge in [0.1, 0.15) is 36.4 Å². The number of nitrogens with zero attached hydrogens (tertiary/aromatic N) is 4. The van der Waals surface area contributed by atoms with E-state index in [0.29, 0.717) is 12.4 Å². The Balaban J connectivity index is 1.57. The van der Waals surface area contributed by atoms with Crippen molar-refractivity contribution in [1.29, 1.82) is 0 Å². The van der Waals surface area contributed by atoms with E-state index in [9.17, 15) is 19.6 Å². The van der Waals surface area contributed by atoms with Gasteiger partial charge in [-0.25, -0.2) is 18.9 Å². The maximum atomic E-state index is 16.1. The van der Waals surface area contributed by atoms with Crippen molar-refractivity contribution in [1.82, 2.24) is 24.6 Å². The Morgan fingerprint density at radius 1 is 1.24 bits per heavy atom. The lowest BCUT2D eigenvalue weighted by atomic mass is 10.1. The van der Waals surface area contributed by atoms with E-state index in [1.807, 2.05) is 0 Å². The molecule has 1 fully saturated rings. The van der Waals surface area contributed by atoms with Gasteiger partial charge in [0, 0.05) is 0 Å². The third kappa shape index (κ3) is 6.83. The third-order valence-electron chi connectivity index (χ3n) is 5.89. The lowest BCUT2D eigenvalue weighted by Crippen LogP contribution is -2.44. The highest BCUT2D eigenvalue weighted by Crippen LogP contribution is 2.48. The molecule has 0 spiro atoms. The molecule has 0 bridgehead atoms. The SMILES string of the molecule is CCOc1nc(C)nc2c1ncn2[C@@H]1O[C@](F)(COP(=O)(N[C@H](C)C(=O)OC(C)C)Oc2ccccc2)[C@@H](O)[C@H]1O. The zero-order valence-electron chi connectivity index (χ0n) is 23.1. The predicted octanol–water partition coefficient (Wildman–Crippen LogP) is 2.58. The second-order valence-corrected chi connectivity index (χ2v) is 11.3. The summed E-state index contributed by atoms with van der Waals surface area (Å²) in [6.45, 7) is 7.17. The van der Waals surface area contributed by atoms with E-state index in [0.717, 1.165) is 0 Å². The lowest BCUT2D eigenvalue weighted by Gasteiger charge is -2.27. The number of esters is 1. The van der Waals surface area contributed by atoms with Crippen molar-refractivity contribution >= 4 is 24.9 Å². The van der Waals surface area contributed by atoms with Crippen molar-refractivity contribution in [3.63, 3.8) is 0 Å². The number of aliphatic hydroxyl groups is 2. The first-order chi connectivity index (χ1) is 19.4. The van der Waals surface area contributed by atoms with E-state index in [1.165, 1.54) is 30.0 Å². The Hall–Kier alpha value is -3.20. The zero-order valence-corrected chi connectivity index (χ0v) is 24.0. The summed E-state index contributed by atoms with van der Waals surface area (Å²) >= 11 is 0. The molecule has 1 aliphatic heterocycles. The molecule has 0 radical (unpaired) electrons. The fraction of sp³-hybridized carbons (Fsp3) is 0.520. The number of halogens is 1. The number of aromatic nitrogens is 4. The van der Waals surface area contributed by atoms with Crippen LogP contribution in [0.3, 0.4) is 0 Å². The standard InChI is InChI=1S/C25H33FN5O9P/c1-6-36-22-18-21(28-16(5)29-22)31(13-27-18)23-19(32)20(33)25(26,39-23)12-37-41(35,40-17-10-8-7-9-11-17)30-15(4)24(34)38-14(2)3/h7-11,13-15,19-20,23,32-33H,6,12H2,1-5H3,(H,30,35)/t15-,19-,20+,23-,25-,41?/m1/s1. The summed E-state index contributed by atoms with van der Waals surface area (Å²) in [5, 5.41) is 23.8. The normalized spacial score (nSPS) is 24.8. The van der Waals surface area contributed by atoms with Crippen LogP contribution in [0.15, 0.2) is 36.7 Å². The number of carbonyl (C=O) groups is 1. The summed E-state index contributed by atoms with van der Waals surface area (Å²) in [5.74, 6) is -3.22. The molecule has 1 unspecified atom stereocenters. The minimum absolute atomic E-state index is 0.0940. The number of aryl methyl sites for hydroxylation is 1. The number of aliphatic hydroxyl groups excluding tert-OH is 2. The molecule has 1 aliphatic rings. The quantitative estimate of drug-likeness (QED) is 0.205. The first kappa shape index (κ1) is 30.8. The Morgan fingerprint density at radius 2 is 1.95 bits per heavy atom. The van der Waals surface area contributed by atoms with E-state index in [4.69, 9.17) is 23.3 Å². The van der Waals surface area contributed by atoms with Gasteiger partial charge in [0.2, 0.25) is 5.88 Å². The Morgan fingerprint density at radius 3 is 2.61 bits per heavy atom. The molecule has 224 valence electrons. The summed E-state index contributed by atoms with van der Waals surface area (Å²) in [6.07, 6.45) is -4.67. The highest BCUT2D eigenvalue weighted by molar-refractivity contribution is 7.52. The Kier molecular flexibility index (Phi) is 9.26. The van der Waals surface area contributed by atoms with E-state index >= 15 is 4.39 Å². The van der Waals surface area contributed by atoms with Crippen molar-refractivity contribution in [3.8, 4) is 11.6 Å². The van der Waals surface area contributed by atoms with Crippen molar-refractivity contribution in [2.24, 2.45) is 0 Å². The molecule has 3 heterocycles. The van der Waals surface area contributed by atoms with Gasteiger partial charge < -0.3 is 28.9 Å². The monoisotopic (exact) mass is 597 g/mol. The average molecular weight is 598 g/mol. The number of nitrogens with one attached hydrogen (secondary N) is 1. The maximum Gasteiger partial charge on any atom is 0.459 e. The van der Waals surface area contributed by atoms with Gasteiger partial charge in [0.15, 0.2) is 17.4 Å². The lowest BCUT2D eigenvalue weighted by molar-refractivity contribution is -0.202. The van der Waals surface area contributed by atoms with Crippen LogP contribution in [0, 0.1) is 6.92 Å². The van der Waals surface area contributed by atoms with Crippen LogP contribution in [0.1, 0.15) is 39.7 Å². The molecule has 2 aromatic heterocycles. The summed E-state index contributed by atoms with van der Waals surface area (Å²) < 4.78 is 58.0. The van der Waals surface area contributed by atoms with Crippen LogP contribution < -0.4 is 14.3 Å². The van der Waals surface area contributed by atoms with Gasteiger partial charge in [0.05, 0.1) is 19.0 Å². The van der Waals surface area contributed by atoms with Crippen molar-refractivity contribution in [2.75, 3.05) is 13.2 Å². The molecule has 6 atom stereocenters. The highest BCUT2D eigenvalue weighted by Gasteiger charge is 2.57. The second-order valence-electron chi connectivity index (χ2n) is 9.57. The molecule has 0 aliphatic carbocycles. The smallest absolute Gasteiger partial charge is 0.459 e.